The van der Waals surface area contributed by atoms with Crippen molar-refractivity contribution in [1.82, 2.24) is 14.0 Å². The van der Waals surface area contributed by atoms with E-state index in [2.05, 4.69) is 20.9 Å². The molecule has 0 spiro atoms. The van der Waals surface area contributed by atoms with Crippen molar-refractivity contribution in [2.75, 3.05) is 0 Å². The molecule has 3 aromatic rings. The number of carboxylic acids is 1. The Balaban J connectivity index is 2.41. The third-order valence-corrected chi connectivity index (χ3v) is 4.19. The summed E-state index contributed by atoms with van der Waals surface area (Å²) in [6.07, 6.45) is -0.0670. The third-order valence-electron chi connectivity index (χ3n) is 3.08. The summed E-state index contributed by atoms with van der Waals surface area (Å²) in [5.41, 5.74) is 2.22. The summed E-state index contributed by atoms with van der Waals surface area (Å²) in [6.45, 7) is 0. The zero-order chi connectivity index (χ0) is 13.7. The van der Waals surface area contributed by atoms with Crippen molar-refractivity contribution < 1.29 is 9.90 Å². The van der Waals surface area contributed by atoms with Gasteiger partial charge < -0.3 is 9.67 Å². The summed E-state index contributed by atoms with van der Waals surface area (Å²) < 4.78 is 4.31. The second-order valence-electron chi connectivity index (χ2n) is 4.22. The second-order valence-corrected chi connectivity index (χ2v) is 5.38. The number of hydrogen-bond acceptors (Lipinski definition) is 2. The Bertz CT molecular complexity index is 821. The number of benzene rings is 1. The van der Waals surface area contributed by atoms with Gasteiger partial charge in [0.1, 0.15) is 10.1 Å². The van der Waals surface area contributed by atoms with Crippen LogP contribution in [-0.2, 0) is 18.3 Å². The Morgan fingerprint density at radius 1 is 1.53 bits per heavy atom. The number of rotatable bonds is 2. The predicted molar refractivity (Wildman–Crippen MR) is 75.7 cm³/mol. The van der Waals surface area contributed by atoms with Crippen LogP contribution < -0.4 is 0 Å². The van der Waals surface area contributed by atoms with E-state index in [1.807, 2.05) is 16.5 Å². The van der Waals surface area contributed by atoms with E-state index in [9.17, 15) is 4.79 Å². The zero-order valence-electron chi connectivity index (χ0n) is 9.89. The maximum absolute atomic E-state index is 10.9. The molecular weight excluding hydrogens is 334 g/mol. The van der Waals surface area contributed by atoms with Crippen LogP contribution in [0, 0.1) is 0 Å². The topological polar surface area (TPSA) is 59.5 Å². The van der Waals surface area contributed by atoms with Gasteiger partial charge >= 0.3 is 5.97 Å². The van der Waals surface area contributed by atoms with Gasteiger partial charge in [-0.15, -0.1) is 0 Å². The number of aryl methyl sites for hydroxylation is 1. The highest BCUT2D eigenvalue weighted by atomic mass is 79.9. The lowest BCUT2D eigenvalue weighted by atomic mass is 10.3. The summed E-state index contributed by atoms with van der Waals surface area (Å²) >= 11 is 9.57. The number of imidazole rings is 2. The van der Waals surface area contributed by atoms with E-state index in [-0.39, 0.29) is 6.42 Å². The quantitative estimate of drug-likeness (QED) is 0.779. The normalized spacial score (nSPS) is 11.5. The Labute approximate surface area is 121 Å². The van der Waals surface area contributed by atoms with Gasteiger partial charge in [0.05, 0.1) is 22.7 Å². The minimum absolute atomic E-state index is 0.0670. The molecule has 1 N–H and O–H groups in total. The minimum atomic E-state index is -0.883. The number of carbonyl (C=O) groups is 1. The van der Waals surface area contributed by atoms with Gasteiger partial charge in [-0.1, -0.05) is 17.7 Å². The molecule has 0 unspecified atom stereocenters. The molecule has 0 saturated carbocycles. The Morgan fingerprint density at radius 3 is 2.95 bits per heavy atom. The van der Waals surface area contributed by atoms with Gasteiger partial charge in [-0.05, 0) is 28.1 Å². The molecule has 1 aromatic carbocycles. The number of carboxylic acid groups (broad SMARTS) is 1. The molecule has 0 fully saturated rings. The SMILES string of the molecule is Cn1c(CC(=O)O)c(Br)n2c3cccc(Cl)c3nc12. The van der Waals surface area contributed by atoms with E-state index in [1.165, 1.54) is 0 Å². The van der Waals surface area contributed by atoms with Crippen LogP contribution in [0.1, 0.15) is 5.69 Å². The van der Waals surface area contributed by atoms with Crippen molar-refractivity contribution >= 4 is 50.3 Å². The Morgan fingerprint density at radius 2 is 2.26 bits per heavy atom. The highest BCUT2D eigenvalue weighted by molar-refractivity contribution is 9.10. The summed E-state index contributed by atoms with van der Waals surface area (Å²) in [4.78, 5) is 15.4. The number of nitrogens with zero attached hydrogens (tertiary/aromatic N) is 3. The summed E-state index contributed by atoms with van der Waals surface area (Å²) in [6, 6.07) is 5.52. The summed E-state index contributed by atoms with van der Waals surface area (Å²) in [7, 11) is 1.79. The van der Waals surface area contributed by atoms with Crippen molar-refractivity contribution in [1.29, 1.82) is 0 Å². The lowest BCUT2D eigenvalue weighted by Gasteiger charge is -2.00. The molecule has 0 atom stereocenters. The fraction of sp³-hybridized carbons (Fsp3) is 0.167. The molecule has 7 heteroatoms. The van der Waals surface area contributed by atoms with Crippen LogP contribution in [0.15, 0.2) is 22.8 Å². The van der Waals surface area contributed by atoms with Gasteiger partial charge in [-0.2, -0.15) is 0 Å². The molecule has 0 aliphatic carbocycles. The van der Waals surface area contributed by atoms with E-state index in [4.69, 9.17) is 16.7 Å². The lowest BCUT2D eigenvalue weighted by molar-refractivity contribution is -0.136. The molecule has 0 aliphatic rings. The second kappa shape index (κ2) is 4.25. The zero-order valence-corrected chi connectivity index (χ0v) is 12.2. The standard InChI is InChI=1S/C12H9BrClN3O2/c1-16-8(5-9(18)19)11(13)17-7-4-2-3-6(14)10(7)15-12(16)17/h2-4H,5H2,1H3,(H,18,19). The minimum Gasteiger partial charge on any atom is -0.481 e. The highest BCUT2D eigenvalue weighted by Crippen LogP contribution is 2.30. The number of hydrogen-bond donors (Lipinski definition) is 1. The lowest BCUT2D eigenvalue weighted by Crippen LogP contribution is -2.05. The van der Waals surface area contributed by atoms with Crippen molar-refractivity contribution in [2.24, 2.45) is 7.05 Å². The van der Waals surface area contributed by atoms with Crippen molar-refractivity contribution in [3.05, 3.63) is 33.5 Å². The number of halogens is 2. The van der Waals surface area contributed by atoms with E-state index in [0.717, 1.165) is 5.52 Å². The highest BCUT2D eigenvalue weighted by Gasteiger charge is 2.20. The summed E-state index contributed by atoms with van der Waals surface area (Å²) in [5.74, 6) is -0.224. The van der Waals surface area contributed by atoms with Crippen molar-refractivity contribution in [3.8, 4) is 0 Å². The van der Waals surface area contributed by atoms with Crippen LogP contribution >= 0.6 is 27.5 Å². The summed E-state index contributed by atoms with van der Waals surface area (Å²) in [5, 5.41) is 9.53. The molecule has 5 nitrogen and oxygen atoms in total. The fourth-order valence-corrected chi connectivity index (χ4v) is 3.16. The molecule has 3 rings (SSSR count). The molecule has 0 bridgehead atoms. The molecule has 2 aromatic heterocycles. The van der Waals surface area contributed by atoms with Gasteiger partial charge in [0.15, 0.2) is 0 Å². The number of aliphatic carboxylic acids is 1. The van der Waals surface area contributed by atoms with Gasteiger partial charge in [-0.25, -0.2) is 4.98 Å². The molecule has 0 radical (unpaired) electrons. The molecule has 0 saturated heterocycles. The average molecular weight is 343 g/mol. The van der Waals surface area contributed by atoms with Gasteiger partial charge in [0.25, 0.3) is 0 Å². The number of fused-ring (bicyclic) bond motifs is 3. The van der Waals surface area contributed by atoms with E-state index in [0.29, 0.717) is 26.6 Å². The van der Waals surface area contributed by atoms with Crippen LogP contribution in [0.25, 0.3) is 16.8 Å². The predicted octanol–water partition coefficient (Wildman–Crippen LogP) is 2.87. The average Bonchev–Trinajstić information content (AvgIpc) is 2.83. The molecule has 0 aliphatic heterocycles. The monoisotopic (exact) mass is 341 g/mol. The number of para-hydroxylation sites is 1. The third kappa shape index (κ3) is 1.74. The Hall–Kier alpha value is -1.53. The first-order valence-electron chi connectivity index (χ1n) is 5.52. The van der Waals surface area contributed by atoms with Crippen molar-refractivity contribution in [3.63, 3.8) is 0 Å². The molecule has 2 heterocycles. The molecule has 0 amide bonds. The first-order valence-corrected chi connectivity index (χ1v) is 6.69. The molecule has 98 valence electrons. The van der Waals surface area contributed by atoms with E-state index >= 15 is 0 Å². The van der Waals surface area contributed by atoms with Crippen LogP contribution in [0.4, 0.5) is 0 Å². The Kier molecular flexibility index (Phi) is 2.79. The van der Waals surface area contributed by atoms with Gasteiger partial charge in [0.2, 0.25) is 5.78 Å². The number of aromatic nitrogens is 3. The largest absolute Gasteiger partial charge is 0.481 e. The van der Waals surface area contributed by atoms with Crippen LogP contribution in [-0.4, -0.2) is 25.0 Å². The van der Waals surface area contributed by atoms with Crippen molar-refractivity contribution in [2.45, 2.75) is 6.42 Å². The van der Waals surface area contributed by atoms with Gasteiger partial charge in [-0.3, -0.25) is 9.20 Å². The van der Waals surface area contributed by atoms with Crippen LogP contribution in [0.3, 0.4) is 0 Å². The van der Waals surface area contributed by atoms with Crippen LogP contribution in [0.5, 0.6) is 0 Å². The van der Waals surface area contributed by atoms with Gasteiger partial charge in [0, 0.05) is 7.05 Å². The maximum Gasteiger partial charge on any atom is 0.309 e. The first kappa shape index (κ1) is 12.5. The molecule has 19 heavy (non-hydrogen) atoms. The maximum atomic E-state index is 10.9. The van der Waals surface area contributed by atoms with E-state index < -0.39 is 5.97 Å². The first-order chi connectivity index (χ1) is 9.00. The smallest absolute Gasteiger partial charge is 0.309 e. The molecular formula is C12H9BrClN3O2. The fourth-order valence-electron chi connectivity index (χ4n) is 2.19. The van der Waals surface area contributed by atoms with Crippen LogP contribution in [0.2, 0.25) is 5.02 Å². The van der Waals surface area contributed by atoms with E-state index in [1.54, 1.807) is 17.7 Å².